The Morgan fingerprint density at radius 2 is 0.623 bits per heavy atom. The van der Waals surface area contributed by atoms with Crippen molar-refractivity contribution in [1.82, 2.24) is 4.57 Å². The molecule has 1 aromatic heterocycles. The molecular formula is C67H44N2. The molecule has 2 aliphatic carbocycles. The molecule has 0 bridgehead atoms. The topological polar surface area (TPSA) is 8.17 Å². The monoisotopic (exact) mass is 876 g/mol. The van der Waals surface area contributed by atoms with E-state index in [9.17, 15) is 0 Å². The van der Waals surface area contributed by atoms with Crippen LogP contribution in [0.4, 0.5) is 17.1 Å². The van der Waals surface area contributed by atoms with Gasteiger partial charge in [0, 0.05) is 33.5 Å². The second kappa shape index (κ2) is 15.6. The Balaban J connectivity index is 0.956. The van der Waals surface area contributed by atoms with Gasteiger partial charge in [-0.3, -0.25) is 0 Å². The van der Waals surface area contributed by atoms with Gasteiger partial charge in [0.15, 0.2) is 0 Å². The van der Waals surface area contributed by atoms with Crippen LogP contribution in [0, 0.1) is 0 Å². The molecule has 0 amide bonds. The normalized spacial score (nSPS) is 12.8. The van der Waals surface area contributed by atoms with Gasteiger partial charge in [-0.05, 0) is 139 Å². The van der Waals surface area contributed by atoms with Crippen molar-refractivity contribution in [1.29, 1.82) is 0 Å². The zero-order chi connectivity index (χ0) is 45.5. The average molecular weight is 877 g/mol. The Kier molecular flexibility index (Phi) is 8.84. The molecule has 322 valence electrons. The molecule has 69 heavy (non-hydrogen) atoms. The molecule has 0 saturated carbocycles. The first-order chi connectivity index (χ1) is 34.2. The van der Waals surface area contributed by atoms with Crippen LogP contribution < -0.4 is 4.90 Å². The molecule has 14 rings (SSSR count). The summed E-state index contributed by atoms with van der Waals surface area (Å²) in [5.41, 5.74) is 23.9. The molecule has 2 heteroatoms. The maximum atomic E-state index is 2.50. The summed E-state index contributed by atoms with van der Waals surface area (Å²) in [7, 11) is 0. The number of hydrogen-bond acceptors (Lipinski definition) is 1. The first kappa shape index (κ1) is 39.2. The van der Waals surface area contributed by atoms with E-state index in [0.29, 0.717) is 0 Å². The fraction of sp³-hybridized carbons (Fsp3) is 0.0149. The Hall–Kier alpha value is -8.98. The Morgan fingerprint density at radius 3 is 1.13 bits per heavy atom. The van der Waals surface area contributed by atoms with E-state index in [1.807, 2.05) is 0 Å². The number of para-hydroxylation sites is 2. The van der Waals surface area contributed by atoms with Crippen molar-refractivity contribution in [2.24, 2.45) is 0 Å². The third kappa shape index (κ3) is 5.99. The first-order valence-electron chi connectivity index (χ1n) is 23.9. The van der Waals surface area contributed by atoms with E-state index >= 15 is 0 Å². The summed E-state index contributed by atoms with van der Waals surface area (Å²) in [6.45, 7) is 0. The van der Waals surface area contributed by atoms with E-state index in [1.165, 1.54) is 99.7 Å². The van der Waals surface area contributed by atoms with Crippen molar-refractivity contribution < 1.29 is 0 Å². The highest BCUT2D eigenvalue weighted by Crippen LogP contribution is 2.63. The third-order valence-electron chi connectivity index (χ3n) is 14.8. The second-order valence-electron chi connectivity index (χ2n) is 18.4. The second-order valence-corrected chi connectivity index (χ2v) is 18.4. The summed E-state index contributed by atoms with van der Waals surface area (Å²) in [5, 5.41) is 2.53. The highest BCUT2D eigenvalue weighted by Gasteiger charge is 2.52. The van der Waals surface area contributed by atoms with Gasteiger partial charge in [0.2, 0.25) is 0 Å². The van der Waals surface area contributed by atoms with Gasteiger partial charge in [-0.2, -0.15) is 0 Å². The van der Waals surface area contributed by atoms with Crippen molar-refractivity contribution in [3.8, 4) is 61.3 Å². The minimum Gasteiger partial charge on any atom is -0.310 e. The lowest BCUT2D eigenvalue weighted by atomic mass is 9.70. The van der Waals surface area contributed by atoms with Crippen LogP contribution in [0.5, 0.6) is 0 Å². The van der Waals surface area contributed by atoms with Crippen molar-refractivity contribution >= 4 is 38.9 Å². The fourth-order valence-corrected chi connectivity index (χ4v) is 11.8. The molecule has 0 fully saturated rings. The molecule has 11 aromatic carbocycles. The number of benzene rings is 11. The third-order valence-corrected chi connectivity index (χ3v) is 14.8. The maximum Gasteiger partial charge on any atom is 0.0727 e. The van der Waals surface area contributed by atoms with Crippen molar-refractivity contribution in [3.63, 3.8) is 0 Å². The zero-order valence-corrected chi connectivity index (χ0v) is 37.8. The van der Waals surface area contributed by atoms with Gasteiger partial charge in [0.05, 0.1) is 16.4 Å². The predicted octanol–water partition coefficient (Wildman–Crippen LogP) is 17.6. The average Bonchev–Trinajstić information content (AvgIpc) is 4.03. The van der Waals surface area contributed by atoms with Crippen molar-refractivity contribution in [2.45, 2.75) is 5.41 Å². The molecule has 2 nitrogen and oxygen atoms in total. The van der Waals surface area contributed by atoms with E-state index in [1.54, 1.807) is 0 Å². The molecule has 0 unspecified atom stereocenters. The van der Waals surface area contributed by atoms with Crippen LogP contribution in [0.3, 0.4) is 0 Å². The largest absolute Gasteiger partial charge is 0.310 e. The number of hydrogen-bond donors (Lipinski definition) is 0. The standard InChI is InChI=1S/C67H44N2/c1-3-15-45(16-4-1)47-27-29-48(30-28-47)50-33-37-52(38-34-50)68(51-35-31-49(32-36-51)46-17-5-2-6-18-46)53-39-41-57-58-42-40-54(69-65-25-13-9-21-59(65)60-22-10-14-26-66(60)69)44-64(58)67(63(57)43-53)61-23-11-7-19-55(61)56-20-8-12-24-62(56)67/h1-44H. The predicted molar refractivity (Wildman–Crippen MR) is 288 cm³/mol. The molecule has 0 N–H and O–H groups in total. The van der Waals surface area contributed by atoms with E-state index in [4.69, 9.17) is 0 Å². The van der Waals surface area contributed by atoms with Gasteiger partial charge < -0.3 is 9.47 Å². The quantitative estimate of drug-likeness (QED) is 0.155. The van der Waals surface area contributed by atoms with Gasteiger partial charge in [0.25, 0.3) is 0 Å². The van der Waals surface area contributed by atoms with Gasteiger partial charge in [-0.1, -0.05) is 206 Å². The van der Waals surface area contributed by atoms with E-state index in [2.05, 4.69) is 276 Å². The van der Waals surface area contributed by atoms with Crippen LogP contribution in [0.1, 0.15) is 22.3 Å². The number of aromatic nitrogens is 1. The molecular weight excluding hydrogens is 833 g/mol. The Morgan fingerprint density at radius 1 is 0.261 bits per heavy atom. The number of nitrogens with zero attached hydrogens (tertiary/aromatic N) is 2. The molecule has 0 saturated heterocycles. The van der Waals surface area contributed by atoms with Crippen LogP contribution >= 0.6 is 0 Å². The molecule has 0 aliphatic heterocycles. The van der Waals surface area contributed by atoms with E-state index in [0.717, 1.165) is 22.7 Å². The molecule has 12 aromatic rings. The minimum absolute atomic E-state index is 0.554. The first-order valence-corrected chi connectivity index (χ1v) is 23.9. The van der Waals surface area contributed by atoms with Crippen LogP contribution in [-0.4, -0.2) is 4.57 Å². The maximum absolute atomic E-state index is 2.50. The van der Waals surface area contributed by atoms with Crippen molar-refractivity contribution in [2.75, 3.05) is 4.90 Å². The van der Waals surface area contributed by atoms with Crippen LogP contribution in [-0.2, 0) is 5.41 Å². The summed E-state index contributed by atoms with van der Waals surface area (Å²) in [5.74, 6) is 0. The molecule has 1 heterocycles. The van der Waals surface area contributed by atoms with E-state index in [-0.39, 0.29) is 0 Å². The number of anilines is 3. The van der Waals surface area contributed by atoms with Gasteiger partial charge in [0.1, 0.15) is 0 Å². The minimum atomic E-state index is -0.554. The number of fused-ring (bicyclic) bond motifs is 13. The van der Waals surface area contributed by atoms with Crippen LogP contribution in [0.2, 0.25) is 0 Å². The lowest BCUT2D eigenvalue weighted by molar-refractivity contribution is 0.792. The smallest absolute Gasteiger partial charge is 0.0727 e. The van der Waals surface area contributed by atoms with Gasteiger partial charge in [-0.25, -0.2) is 0 Å². The van der Waals surface area contributed by atoms with Crippen LogP contribution in [0.25, 0.3) is 83.1 Å². The summed E-state index contributed by atoms with van der Waals surface area (Å²) in [6.07, 6.45) is 0. The molecule has 2 aliphatic rings. The number of rotatable bonds is 7. The zero-order valence-electron chi connectivity index (χ0n) is 37.8. The summed E-state index contributed by atoms with van der Waals surface area (Å²) in [4.78, 5) is 2.43. The summed E-state index contributed by atoms with van der Waals surface area (Å²) >= 11 is 0. The van der Waals surface area contributed by atoms with E-state index < -0.39 is 5.41 Å². The van der Waals surface area contributed by atoms with Gasteiger partial charge in [-0.15, -0.1) is 0 Å². The highest BCUT2D eigenvalue weighted by atomic mass is 15.1. The van der Waals surface area contributed by atoms with Crippen molar-refractivity contribution in [3.05, 3.63) is 289 Å². The Labute approximate surface area is 402 Å². The molecule has 0 radical (unpaired) electrons. The lowest BCUT2D eigenvalue weighted by Crippen LogP contribution is -2.26. The SMILES string of the molecule is c1ccc(-c2ccc(-c3ccc(N(c4ccc(-c5ccccc5)cc4)c4ccc5c(c4)C4(c6ccccc6-c6ccccc64)c4cc(-n6c7ccccc7c7ccccc76)ccc4-5)cc3)cc2)cc1. The highest BCUT2D eigenvalue weighted by molar-refractivity contribution is 6.09. The molecule has 0 atom stereocenters. The lowest BCUT2D eigenvalue weighted by Gasteiger charge is -2.32. The molecule has 1 spiro atoms. The summed E-state index contributed by atoms with van der Waals surface area (Å²) < 4.78 is 2.46. The summed E-state index contributed by atoms with van der Waals surface area (Å²) in [6, 6.07) is 98.6. The van der Waals surface area contributed by atoms with Crippen LogP contribution in [0.15, 0.2) is 267 Å². The Bertz CT molecular complexity index is 3820. The van der Waals surface area contributed by atoms with Gasteiger partial charge >= 0.3 is 0 Å². The fourth-order valence-electron chi connectivity index (χ4n) is 11.8.